The van der Waals surface area contributed by atoms with E-state index in [-0.39, 0.29) is 12.3 Å². The molecule has 0 aliphatic carbocycles. The average molecular weight is 444 g/mol. The lowest BCUT2D eigenvalue weighted by Crippen LogP contribution is -2.12. The first-order chi connectivity index (χ1) is 11.1. The molecule has 8 heteroatoms. The second-order valence-electron chi connectivity index (χ2n) is 4.66. The van der Waals surface area contributed by atoms with Crippen molar-refractivity contribution in [2.45, 2.75) is 12.8 Å². The van der Waals surface area contributed by atoms with Crippen molar-refractivity contribution in [3.63, 3.8) is 0 Å². The number of nitrogens with zero attached hydrogens (tertiary/aromatic N) is 2. The summed E-state index contributed by atoms with van der Waals surface area (Å²) in [6.07, 6.45) is 2.08. The first kappa shape index (κ1) is 16.0. The molecule has 0 fully saturated rings. The number of anilines is 1. The molecule has 1 aromatic carbocycles. The van der Waals surface area contributed by atoms with Crippen LogP contribution in [0.1, 0.15) is 12.3 Å². The Balaban J connectivity index is 1.57. The zero-order valence-corrected chi connectivity index (χ0v) is 14.7. The number of rotatable bonds is 5. The van der Waals surface area contributed by atoms with Crippen molar-refractivity contribution >= 4 is 45.8 Å². The van der Waals surface area contributed by atoms with Gasteiger partial charge in [0.1, 0.15) is 0 Å². The van der Waals surface area contributed by atoms with Crippen LogP contribution in [0.15, 0.2) is 45.5 Å². The van der Waals surface area contributed by atoms with Crippen LogP contribution >= 0.6 is 34.2 Å². The van der Waals surface area contributed by atoms with Gasteiger partial charge in [0.15, 0.2) is 5.76 Å². The van der Waals surface area contributed by atoms with Crippen LogP contribution in [0, 0.1) is 3.57 Å². The number of furan rings is 1. The Morgan fingerprint density at radius 1 is 1.35 bits per heavy atom. The molecular weight excluding hydrogens is 433 g/mol. The van der Waals surface area contributed by atoms with Crippen molar-refractivity contribution in [3.8, 4) is 11.6 Å². The lowest BCUT2D eigenvalue weighted by Gasteiger charge is -2.06. The Hall–Kier alpha value is -1.87. The molecule has 0 aliphatic heterocycles. The molecule has 6 nitrogen and oxygen atoms in total. The number of hydrogen-bond donors (Lipinski definition) is 1. The second-order valence-corrected chi connectivity index (χ2v) is 6.31. The predicted molar refractivity (Wildman–Crippen MR) is 93.1 cm³/mol. The summed E-state index contributed by atoms with van der Waals surface area (Å²) in [6.45, 7) is 0. The number of hydrogen-bond acceptors (Lipinski definition) is 5. The number of nitrogens with one attached hydrogen (secondary N) is 1. The lowest BCUT2D eigenvalue weighted by atomic mass is 10.2. The van der Waals surface area contributed by atoms with Gasteiger partial charge in [0.05, 0.1) is 17.0 Å². The smallest absolute Gasteiger partial charge is 0.238 e. The van der Waals surface area contributed by atoms with Crippen LogP contribution in [-0.2, 0) is 11.2 Å². The van der Waals surface area contributed by atoms with E-state index < -0.39 is 0 Å². The molecule has 0 radical (unpaired) electrons. The summed E-state index contributed by atoms with van der Waals surface area (Å²) in [6, 6.07) is 8.90. The van der Waals surface area contributed by atoms with E-state index in [1.165, 1.54) is 6.26 Å². The number of amides is 1. The van der Waals surface area contributed by atoms with E-state index in [1.54, 1.807) is 24.3 Å². The van der Waals surface area contributed by atoms with Gasteiger partial charge in [-0.05, 0) is 52.9 Å². The molecule has 3 aromatic rings. The summed E-state index contributed by atoms with van der Waals surface area (Å²) in [5.41, 5.74) is 0.582. The Kier molecular flexibility index (Phi) is 4.97. The van der Waals surface area contributed by atoms with Crippen LogP contribution in [-0.4, -0.2) is 16.0 Å². The van der Waals surface area contributed by atoms with E-state index in [0.717, 1.165) is 3.57 Å². The number of benzene rings is 1. The molecule has 2 heterocycles. The normalized spacial score (nSPS) is 10.7. The summed E-state index contributed by atoms with van der Waals surface area (Å²) in [4.78, 5) is 16.2. The summed E-state index contributed by atoms with van der Waals surface area (Å²) in [5, 5.41) is 7.07. The van der Waals surface area contributed by atoms with Gasteiger partial charge in [-0.15, -0.1) is 0 Å². The summed E-state index contributed by atoms with van der Waals surface area (Å²) < 4.78 is 11.3. The average Bonchev–Trinajstić information content (AvgIpc) is 3.18. The van der Waals surface area contributed by atoms with E-state index in [2.05, 4.69) is 38.0 Å². The summed E-state index contributed by atoms with van der Waals surface area (Å²) in [7, 11) is 0. The highest BCUT2D eigenvalue weighted by atomic mass is 127. The number of aromatic nitrogens is 2. The van der Waals surface area contributed by atoms with E-state index in [1.807, 2.05) is 6.07 Å². The topological polar surface area (TPSA) is 81.2 Å². The third kappa shape index (κ3) is 4.11. The molecular formula is C15H11ClIN3O3. The van der Waals surface area contributed by atoms with Gasteiger partial charge in [-0.25, -0.2) is 0 Å². The van der Waals surface area contributed by atoms with Crippen molar-refractivity contribution < 1.29 is 13.7 Å². The zero-order chi connectivity index (χ0) is 16.2. The monoisotopic (exact) mass is 443 g/mol. The highest BCUT2D eigenvalue weighted by Crippen LogP contribution is 2.24. The number of carbonyl (C=O) groups is 1. The Morgan fingerprint density at radius 3 is 2.96 bits per heavy atom. The number of carbonyl (C=O) groups excluding carboxylic acids is 1. The SMILES string of the molecule is O=C(CCc1nc(-c2ccco2)no1)Nc1ccc(I)cc1Cl. The third-order valence-corrected chi connectivity index (χ3v) is 3.96. The summed E-state index contributed by atoms with van der Waals surface area (Å²) >= 11 is 8.23. The first-order valence-corrected chi connectivity index (χ1v) is 8.19. The van der Waals surface area contributed by atoms with Crippen molar-refractivity contribution in [2.24, 2.45) is 0 Å². The summed E-state index contributed by atoms with van der Waals surface area (Å²) in [5.74, 6) is 1.09. The minimum absolute atomic E-state index is 0.175. The number of aryl methyl sites for hydroxylation is 1. The maximum absolute atomic E-state index is 12.0. The largest absolute Gasteiger partial charge is 0.461 e. The fourth-order valence-corrected chi connectivity index (χ4v) is 2.79. The molecule has 3 rings (SSSR count). The van der Waals surface area contributed by atoms with Crippen LogP contribution in [0.3, 0.4) is 0 Å². The van der Waals surface area contributed by atoms with Gasteiger partial charge < -0.3 is 14.3 Å². The standard InChI is InChI=1S/C15H11ClIN3O3/c16-10-8-9(17)3-4-11(10)18-13(21)5-6-14-19-15(20-23-14)12-2-1-7-22-12/h1-4,7-8H,5-6H2,(H,18,21). The quantitative estimate of drug-likeness (QED) is 0.599. The van der Waals surface area contributed by atoms with E-state index in [0.29, 0.717) is 34.6 Å². The van der Waals surface area contributed by atoms with E-state index in [9.17, 15) is 4.79 Å². The molecule has 23 heavy (non-hydrogen) atoms. The highest BCUT2D eigenvalue weighted by Gasteiger charge is 2.13. The Labute approximate surface area is 150 Å². The van der Waals surface area contributed by atoms with Gasteiger partial charge in [-0.1, -0.05) is 16.8 Å². The minimum Gasteiger partial charge on any atom is -0.461 e. The third-order valence-electron chi connectivity index (χ3n) is 2.98. The predicted octanol–water partition coefficient (Wildman–Crippen LogP) is 4.16. The van der Waals surface area contributed by atoms with Crippen LogP contribution in [0.5, 0.6) is 0 Å². The van der Waals surface area contributed by atoms with E-state index >= 15 is 0 Å². The Morgan fingerprint density at radius 2 is 2.22 bits per heavy atom. The molecule has 1 amide bonds. The molecule has 0 unspecified atom stereocenters. The van der Waals surface area contributed by atoms with Gasteiger partial charge in [-0.2, -0.15) is 4.98 Å². The van der Waals surface area contributed by atoms with Gasteiger partial charge in [0.25, 0.3) is 0 Å². The molecule has 1 N–H and O–H groups in total. The fourth-order valence-electron chi connectivity index (χ4n) is 1.89. The minimum atomic E-state index is -0.175. The maximum Gasteiger partial charge on any atom is 0.238 e. The lowest BCUT2D eigenvalue weighted by molar-refractivity contribution is -0.116. The van der Waals surface area contributed by atoms with Crippen molar-refractivity contribution in [1.29, 1.82) is 0 Å². The van der Waals surface area contributed by atoms with E-state index in [4.69, 9.17) is 20.5 Å². The molecule has 0 aliphatic rings. The van der Waals surface area contributed by atoms with Gasteiger partial charge >= 0.3 is 0 Å². The maximum atomic E-state index is 12.0. The second kappa shape index (κ2) is 7.14. The van der Waals surface area contributed by atoms with Crippen LogP contribution in [0.2, 0.25) is 5.02 Å². The van der Waals surface area contributed by atoms with Crippen LogP contribution < -0.4 is 5.32 Å². The van der Waals surface area contributed by atoms with Crippen LogP contribution in [0.25, 0.3) is 11.6 Å². The van der Waals surface area contributed by atoms with Crippen molar-refractivity contribution in [2.75, 3.05) is 5.32 Å². The van der Waals surface area contributed by atoms with Gasteiger partial charge in [0.2, 0.25) is 17.6 Å². The van der Waals surface area contributed by atoms with Crippen LogP contribution in [0.4, 0.5) is 5.69 Å². The molecule has 0 saturated heterocycles. The molecule has 0 spiro atoms. The highest BCUT2D eigenvalue weighted by molar-refractivity contribution is 14.1. The van der Waals surface area contributed by atoms with Gasteiger partial charge in [-0.3, -0.25) is 4.79 Å². The molecule has 0 bridgehead atoms. The number of halogens is 2. The van der Waals surface area contributed by atoms with Crippen molar-refractivity contribution in [3.05, 3.63) is 51.1 Å². The zero-order valence-electron chi connectivity index (χ0n) is 11.8. The molecule has 0 saturated carbocycles. The first-order valence-electron chi connectivity index (χ1n) is 6.73. The van der Waals surface area contributed by atoms with Crippen molar-refractivity contribution in [1.82, 2.24) is 10.1 Å². The molecule has 2 aromatic heterocycles. The fraction of sp³-hybridized carbons (Fsp3) is 0.133. The molecule has 0 atom stereocenters. The Bertz CT molecular complexity index is 817. The molecule has 118 valence electrons. The van der Waals surface area contributed by atoms with Gasteiger partial charge in [0, 0.05) is 16.4 Å².